The molecule has 0 aliphatic carbocycles. The fraction of sp³-hybridized carbons (Fsp3) is 0.250. The molecule has 0 atom stereocenters. The molecule has 29 heavy (non-hydrogen) atoms. The topological polar surface area (TPSA) is 75.2 Å². The second-order valence-corrected chi connectivity index (χ2v) is 7.87. The van der Waals surface area contributed by atoms with Crippen LogP contribution < -0.4 is 9.47 Å². The SMILES string of the molecule is CCOc1ccc(-c2nc(CSc3nnc(-c4ccco4)n3C)cs2)cc1OC. The number of furan rings is 1. The number of thiazole rings is 1. The second-order valence-electron chi connectivity index (χ2n) is 6.07. The number of hydrogen-bond donors (Lipinski definition) is 0. The average molecular weight is 429 g/mol. The molecule has 0 saturated heterocycles. The van der Waals surface area contributed by atoms with Crippen molar-refractivity contribution < 1.29 is 13.9 Å². The van der Waals surface area contributed by atoms with Crippen molar-refractivity contribution in [1.82, 2.24) is 19.7 Å². The molecule has 150 valence electrons. The van der Waals surface area contributed by atoms with Crippen LogP contribution in [0.4, 0.5) is 0 Å². The standard InChI is InChI=1S/C20H20N4O3S2/c1-4-26-15-8-7-13(10-17(15)25-3)19-21-14(11-28-19)12-29-20-23-22-18(24(20)2)16-6-5-9-27-16/h5-11H,4,12H2,1-3H3. The zero-order valence-electron chi connectivity index (χ0n) is 16.3. The Bertz CT molecular complexity index is 1090. The summed E-state index contributed by atoms with van der Waals surface area (Å²) >= 11 is 3.20. The maximum atomic E-state index is 5.58. The predicted molar refractivity (Wildman–Crippen MR) is 114 cm³/mol. The molecule has 3 heterocycles. The molecule has 0 N–H and O–H groups in total. The molecule has 0 radical (unpaired) electrons. The Morgan fingerprint density at radius 1 is 1.21 bits per heavy atom. The van der Waals surface area contributed by atoms with Crippen LogP contribution in [0, 0.1) is 0 Å². The van der Waals surface area contributed by atoms with Gasteiger partial charge in [0.05, 0.1) is 25.7 Å². The average Bonchev–Trinajstić information content (AvgIpc) is 3.48. The molecular formula is C20H20N4O3S2. The molecule has 0 fully saturated rings. The Hall–Kier alpha value is -2.78. The highest BCUT2D eigenvalue weighted by Gasteiger charge is 2.15. The van der Waals surface area contributed by atoms with Gasteiger partial charge in [-0.3, -0.25) is 0 Å². The molecule has 0 aliphatic rings. The van der Waals surface area contributed by atoms with Crippen LogP contribution in [-0.4, -0.2) is 33.5 Å². The molecule has 4 aromatic rings. The van der Waals surface area contributed by atoms with Gasteiger partial charge in [0, 0.05) is 23.7 Å². The van der Waals surface area contributed by atoms with E-state index in [2.05, 4.69) is 15.6 Å². The summed E-state index contributed by atoms with van der Waals surface area (Å²) < 4.78 is 18.4. The molecule has 9 heteroatoms. The van der Waals surface area contributed by atoms with Crippen LogP contribution in [0.3, 0.4) is 0 Å². The lowest BCUT2D eigenvalue weighted by molar-refractivity contribution is 0.311. The van der Waals surface area contributed by atoms with E-state index < -0.39 is 0 Å². The van der Waals surface area contributed by atoms with Crippen molar-refractivity contribution >= 4 is 23.1 Å². The molecule has 0 saturated carbocycles. The van der Waals surface area contributed by atoms with E-state index in [-0.39, 0.29) is 0 Å². The Labute approximate surface area is 176 Å². The zero-order valence-corrected chi connectivity index (χ0v) is 17.9. The number of hydrogen-bond acceptors (Lipinski definition) is 8. The third kappa shape index (κ3) is 4.15. The van der Waals surface area contributed by atoms with Gasteiger partial charge in [-0.2, -0.15) is 0 Å². The number of rotatable bonds is 8. The Balaban J connectivity index is 1.46. The second kappa shape index (κ2) is 8.71. The molecule has 1 aromatic carbocycles. The Kier molecular flexibility index (Phi) is 5.86. The van der Waals surface area contributed by atoms with E-state index in [0.29, 0.717) is 29.7 Å². The van der Waals surface area contributed by atoms with Gasteiger partial charge in [0.25, 0.3) is 0 Å². The minimum Gasteiger partial charge on any atom is -0.493 e. The lowest BCUT2D eigenvalue weighted by Crippen LogP contribution is -1.95. The third-order valence-corrected chi connectivity index (χ3v) is 6.18. The Morgan fingerprint density at radius 3 is 2.86 bits per heavy atom. The van der Waals surface area contributed by atoms with E-state index in [9.17, 15) is 0 Å². The predicted octanol–water partition coefficient (Wildman–Crippen LogP) is 4.90. The van der Waals surface area contributed by atoms with E-state index in [1.54, 1.807) is 36.5 Å². The van der Waals surface area contributed by atoms with E-state index in [0.717, 1.165) is 27.2 Å². The van der Waals surface area contributed by atoms with E-state index in [1.165, 1.54) is 0 Å². The van der Waals surface area contributed by atoms with E-state index in [4.69, 9.17) is 18.9 Å². The molecule has 7 nitrogen and oxygen atoms in total. The van der Waals surface area contributed by atoms with Gasteiger partial charge in [-0.05, 0) is 37.3 Å². The third-order valence-electron chi connectivity index (χ3n) is 4.19. The fourth-order valence-corrected chi connectivity index (χ4v) is 4.51. The highest BCUT2D eigenvalue weighted by Crippen LogP contribution is 2.34. The number of benzene rings is 1. The minimum absolute atomic E-state index is 0.595. The van der Waals surface area contributed by atoms with Crippen LogP contribution in [-0.2, 0) is 12.8 Å². The monoisotopic (exact) mass is 428 g/mol. The first-order chi connectivity index (χ1) is 14.2. The van der Waals surface area contributed by atoms with Gasteiger partial charge in [-0.1, -0.05) is 11.8 Å². The summed E-state index contributed by atoms with van der Waals surface area (Å²) in [7, 11) is 3.57. The number of ether oxygens (including phenoxy) is 2. The summed E-state index contributed by atoms with van der Waals surface area (Å²) in [5.74, 6) is 3.56. The van der Waals surface area contributed by atoms with Gasteiger partial charge in [0.1, 0.15) is 5.01 Å². The number of aromatic nitrogens is 4. The maximum Gasteiger partial charge on any atom is 0.200 e. The quantitative estimate of drug-likeness (QED) is 0.370. The van der Waals surface area contributed by atoms with Crippen molar-refractivity contribution in [1.29, 1.82) is 0 Å². The first kappa shape index (κ1) is 19.5. The van der Waals surface area contributed by atoms with Crippen LogP contribution in [0.1, 0.15) is 12.6 Å². The van der Waals surface area contributed by atoms with Gasteiger partial charge in [0.15, 0.2) is 28.2 Å². The first-order valence-corrected chi connectivity index (χ1v) is 10.9. The van der Waals surface area contributed by atoms with Crippen LogP contribution in [0.2, 0.25) is 0 Å². The summed E-state index contributed by atoms with van der Waals surface area (Å²) in [4.78, 5) is 4.76. The summed E-state index contributed by atoms with van der Waals surface area (Å²) in [6.45, 7) is 2.55. The fourth-order valence-electron chi connectivity index (χ4n) is 2.78. The molecular weight excluding hydrogens is 408 g/mol. The first-order valence-electron chi connectivity index (χ1n) is 9.01. The van der Waals surface area contributed by atoms with Crippen molar-refractivity contribution in [3.8, 4) is 33.7 Å². The molecule has 0 aliphatic heterocycles. The molecule has 4 rings (SSSR count). The molecule has 0 bridgehead atoms. The van der Waals surface area contributed by atoms with E-state index >= 15 is 0 Å². The van der Waals surface area contributed by atoms with Crippen LogP contribution in [0.5, 0.6) is 11.5 Å². The number of thioether (sulfide) groups is 1. The van der Waals surface area contributed by atoms with Crippen LogP contribution >= 0.6 is 23.1 Å². The minimum atomic E-state index is 0.595. The normalized spacial score (nSPS) is 11.0. The van der Waals surface area contributed by atoms with E-state index in [1.807, 2.05) is 48.9 Å². The molecule has 0 amide bonds. The van der Waals surface area contributed by atoms with Gasteiger partial charge in [-0.25, -0.2) is 4.98 Å². The highest BCUT2D eigenvalue weighted by atomic mass is 32.2. The summed E-state index contributed by atoms with van der Waals surface area (Å²) in [5.41, 5.74) is 2.00. The lowest BCUT2D eigenvalue weighted by atomic mass is 10.2. The Morgan fingerprint density at radius 2 is 2.10 bits per heavy atom. The van der Waals surface area contributed by atoms with Crippen LogP contribution in [0.25, 0.3) is 22.2 Å². The lowest BCUT2D eigenvalue weighted by Gasteiger charge is -2.09. The maximum absolute atomic E-state index is 5.58. The van der Waals surface area contributed by atoms with Gasteiger partial charge < -0.3 is 18.5 Å². The van der Waals surface area contributed by atoms with Crippen molar-refractivity contribution in [3.05, 3.63) is 47.7 Å². The van der Waals surface area contributed by atoms with Crippen molar-refractivity contribution in [2.24, 2.45) is 7.05 Å². The van der Waals surface area contributed by atoms with Gasteiger partial charge in [-0.15, -0.1) is 21.5 Å². The smallest absolute Gasteiger partial charge is 0.200 e. The van der Waals surface area contributed by atoms with Crippen molar-refractivity contribution in [2.45, 2.75) is 17.8 Å². The van der Waals surface area contributed by atoms with Crippen molar-refractivity contribution in [3.63, 3.8) is 0 Å². The summed E-state index contributed by atoms with van der Waals surface area (Å²) in [6, 6.07) is 9.59. The van der Waals surface area contributed by atoms with Gasteiger partial charge >= 0.3 is 0 Å². The summed E-state index contributed by atoms with van der Waals surface area (Å²) in [6.07, 6.45) is 1.63. The summed E-state index contributed by atoms with van der Waals surface area (Å²) in [5, 5.41) is 12.3. The number of methoxy groups -OCH3 is 1. The molecule has 0 spiro atoms. The van der Waals surface area contributed by atoms with Crippen molar-refractivity contribution in [2.75, 3.05) is 13.7 Å². The zero-order chi connectivity index (χ0) is 20.2. The van der Waals surface area contributed by atoms with Gasteiger partial charge in [0.2, 0.25) is 0 Å². The molecule has 0 unspecified atom stereocenters. The largest absolute Gasteiger partial charge is 0.493 e. The highest BCUT2D eigenvalue weighted by molar-refractivity contribution is 7.98. The van der Waals surface area contributed by atoms with Crippen LogP contribution in [0.15, 0.2) is 51.5 Å². The molecule has 3 aromatic heterocycles. The number of nitrogens with zero attached hydrogens (tertiary/aromatic N) is 4.